The monoisotopic (exact) mass is 240 g/mol. The lowest BCUT2D eigenvalue weighted by molar-refractivity contribution is 0.196. The molecule has 0 spiro atoms. The van der Waals surface area contributed by atoms with Gasteiger partial charge >= 0.3 is 0 Å². The maximum absolute atomic E-state index is 13.1. The van der Waals surface area contributed by atoms with Crippen molar-refractivity contribution in [2.24, 2.45) is 0 Å². The van der Waals surface area contributed by atoms with Crippen LogP contribution in [0.5, 0.6) is 0 Å². The molecule has 0 amide bonds. The predicted molar refractivity (Wildman–Crippen MR) is 60.9 cm³/mol. The second-order valence-corrected chi connectivity index (χ2v) is 5.13. The molecule has 2 nitrogen and oxygen atoms in total. The smallest absolute Gasteiger partial charge is 0.231 e. The molecule has 0 atom stereocenters. The first-order valence-corrected chi connectivity index (χ1v) is 6.17. The van der Waals surface area contributed by atoms with Crippen LogP contribution in [-0.4, -0.2) is 23.0 Å². The Morgan fingerprint density at radius 2 is 2.00 bits per heavy atom. The largest absolute Gasteiger partial charge is 0.294 e. The standard InChI is InChI=1S/C12H14ClFN2/c13-10-7-9(8-15-11(10)14)12-3-1-5-16(12)6-2-4-12/h7-8H,1-6H2. The van der Waals surface area contributed by atoms with Crippen molar-refractivity contribution in [1.82, 2.24) is 9.88 Å². The third-order valence-electron chi connectivity index (χ3n) is 3.98. The molecule has 0 aromatic carbocycles. The molecule has 4 heteroatoms. The van der Waals surface area contributed by atoms with E-state index in [2.05, 4.69) is 9.88 Å². The number of hydrogen-bond acceptors (Lipinski definition) is 2. The van der Waals surface area contributed by atoms with Gasteiger partial charge in [-0.25, -0.2) is 4.98 Å². The molecular weight excluding hydrogens is 227 g/mol. The molecule has 2 fully saturated rings. The Labute approximate surface area is 99.4 Å². The number of halogens is 2. The summed E-state index contributed by atoms with van der Waals surface area (Å²) in [6.07, 6.45) is 6.39. The van der Waals surface area contributed by atoms with E-state index in [9.17, 15) is 4.39 Å². The quantitative estimate of drug-likeness (QED) is 0.702. The lowest BCUT2D eigenvalue weighted by Crippen LogP contribution is -2.35. The van der Waals surface area contributed by atoms with Crippen LogP contribution in [0.1, 0.15) is 31.2 Å². The van der Waals surface area contributed by atoms with E-state index in [0.717, 1.165) is 31.5 Å². The summed E-state index contributed by atoms with van der Waals surface area (Å²) < 4.78 is 13.1. The van der Waals surface area contributed by atoms with Gasteiger partial charge in [0.1, 0.15) is 0 Å². The van der Waals surface area contributed by atoms with Crippen molar-refractivity contribution in [1.29, 1.82) is 0 Å². The summed E-state index contributed by atoms with van der Waals surface area (Å²) in [5, 5.41) is 0.144. The van der Waals surface area contributed by atoms with Crippen LogP contribution < -0.4 is 0 Å². The third-order valence-corrected chi connectivity index (χ3v) is 4.24. The molecule has 1 aromatic rings. The van der Waals surface area contributed by atoms with Gasteiger partial charge in [0.15, 0.2) is 0 Å². The van der Waals surface area contributed by atoms with Crippen LogP contribution >= 0.6 is 11.6 Å². The number of fused-ring (bicyclic) bond motifs is 1. The first-order chi connectivity index (χ1) is 7.72. The maximum atomic E-state index is 13.1. The van der Waals surface area contributed by atoms with Crippen molar-refractivity contribution in [2.45, 2.75) is 31.2 Å². The van der Waals surface area contributed by atoms with Gasteiger partial charge in [0.25, 0.3) is 0 Å². The first kappa shape index (κ1) is 10.5. The highest BCUT2D eigenvalue weighted by Crippen LogP contribution is 2.46. The van der Waals surface area contributed by atoms with Crippen LogP contribution in [0.2, 0.25) is 5.02 Å². The lowest BCUT2D eigenvalue weighted by Gasteiger charge is -2.32. The molecule has 1 aromatic heterocycles. The van der Waals surface area contributed by atoms with Gasteiger partial charge < -0.3 is 0 Å². The zero-order valence-corrected chi connectivity index (χ0v) is 9.80. The zero-order valence-electron chi connectivity index (χ0n) is 9.05. The molecule has 0 saturated carbocycles. The van der Waals surface area contributed by atoms with Crippen LogP contribution in [0.25, 0.3) is 0 Å². The van der Waals surface area contributed by atoms with E-state index in [1.807, 2.05) is 0 Å². The van der Waals surface area contributed by atoms with Gasteiger partial charge in [0, 0.05) is 11.7 Å². The molecule has 0 unspecified atom stereocenters. The number of nitrogens with zero attached hydrogens (tertiary/aromatic N) is 2. The Hall–Kier alpha value is -0.670. The highest BCUT2D eigenvalue weighted by molar-refractivity contribution is 6.30. The van der Waals surface area contributed by atoms with E-state index < -0.39 is 5.95 Å². The fraction of sp³-hybridized carbons (Fsp3) is 0.583. The van der Waals surface area contributed by atoms with E-state index in [1.165, 1.54) is 12.8 Å². The molecular formula is C12H14ClFN2. The summed E-state index contributed by atoms with van der Waals surface area (Å²) in [5.74, 6) is -0.565. The van der Waals surface area contributed by atoms with Gasteiger partial charge in [0.05, 0.1) is 5.02 Å². The average Bonchev–Trinajstić information content (AvgIpc) is 2.81. The molecule has 86 valence electrons. The molecule has 0 bridgehead atoms. The first-order valence-electron chi connectivity index (χ1n) is 5.79. The zero-order chi connectivity index (χ0) is 11.2. The highest BCUT2D eigenvalue weighted by Gasteiger charge is 2.45. The Morgan fingerprint density at radius 3 is 2.62 bits per heavy atom. The molecule has 2 aliphatic heterocycles. The molecule has 3 heterocycles. The minimum Gasteiger partial charge on any atom is -0.294 e. The summed E-state index contributed by atoms with van der Waals surface area (Å²) in [7, 11) is 0. The molecule has 2 aliphatic rings. The van der Waals surface area contributed by atoms with Gasteiger partial charge in [-0.15, -0.1) is 0 Å². The van der Waals surface area contributed by atoms with Gasteiger partial charge in [0.2, 0.25) is 5.95 Å². The van der Waals surface area contributed by atoms with Gasteiger partial charge in [-0.2, -0.15) is 4.39 Å². The fourth-order valence-electron chi connectivity index (χ4n) is 3.25. The van der Waals surface area contributed by atoms with Crippen LogP contribution in [0.3, 0.4) is 0 Å². The Balaban J connectivity index is 2.04. The van der Waals surface area contributed by atoms with Gasteiger partial charge in [-0.05, 0) is 50.4 Å². The average molecular weight is 241 g/mol. The Bertz CT molecular complexity index is 411. The number of rotatable bonds is 1. The van der Waals surface area contributed by atoms with Gasteiger partial charge in [-0.1, -0.05) is 11.6 Å². The fourth-order valence-corrected chi connectivity index (χ4v) is 3.42. The van der Waals surface area contributed by atoms with Crippen molar-refractivity contribution in [3.63, 3.8) is 0 Å². The molecule has 16 heavy (non-hydrogen) atoms. The molecule has 2 saturated heterocycles. The summed E-state index contributed by atoms with van der Waals surface area (Å²) in [6.45, 7) is 2.30. The second kappa shape index (κ2) is 3.67. The summed E-state index contributed by atoms with van der Waals surface area (Å²) in [4.78, 5) is 6.25. The van der Waals surface area contributed by atoms with Crippen molar-refractivity contribution in [3.05, 3.63) is 28.8 Å². The summed E-state index contributed by atoms with van der Waals surface area (Å²) in [5.41, 5.74) is 1.19. The molecule has 3 rings (SSSR count). The normalized spacial score (nSPS) is 23.6. The topological polar surface area (TPSA) is 16.1 Å². The van der Waals surface area contributed by atoms with Crippen LogP contribution in [0.15, 0.2) is 12.3 Å². The maximum Gasteiger partial charge on any atom is 0.231 e. The molecule has 0 aliphatic carbocycles. The number of aromatic nitrogens is 1. The van der Waals surface area contributed by atoms with Crippen molar-refractivity contribution in [3.8, 4) is 0 Å². The van der Waals surface area contributed by atoms with Crippen molar-refractivity contribution < 1.29 is 4.39 Å². The number of hydrogen-bond donors (Lipinski definition) is 0. The van der Waals surface area contributed by atoms with E-state index >= 15 is 0 Å². The van der Waals surface area contributed by atoms with Crippen LogP contribution in [0.4, 0.5) is 4.39 Å². The van der Waals surface area contributed by atoms with E-state index in [1.54, 1.807) is 12.3 Å². The van der Waals surface area contributed by atoms with Crippen molar-refractivity contribution >= 4 is 11.6 Å². The van der Waals surface area contributed by atoms with Gasteiger partial charge in [-0.3, -0.25) is 4.90 Å². The lowest BCUT2D eigenvalue weighted by atomic mass is 9.87. The number of pyridine rings is 1. The van der Waals surface area contributed by atoms with E-state index in [-0.39, 0.29) is 10.6 Å². The Kier molecular flexibility index (Phi) is 2.41. The highest BCUT2D eigenvalue weighted by atomic mass is 35.5. The minimum absolute atomic E-state index is 0.102. The SMILES string of the molecule is Fc1ncc(C23CCCN2CCC3)cc1Cl. The van der Waals surface area contributed by atoms with E-state index in [4.69, 9.17) is 11.6 Å². The summed E-state index contributed by atoms with van der Waals surface area (Å²) >= 11 is 5.82. The van der Waals surface area contributed by atoms with E-state index in [0.29, 0.717) is 0 Å². The minimum atomic E-state index is -0.565. The molecule has 0 radical (unpaired) electrons. The third kappa shape index (κ3) is 1.38. The predicted octanol–water partition coefficient (Wildman–Crippen LogP) is 2.96. The Morgan fingerprint density at radius 1 is 1.31 bits per heavy atom. The summed E-state index contributed by atoms with van der Waals surface area (Å²) in [6, 6.07) is 1.76. The van der Waals surface area contributed by atoms with Crippen LogP contribution in [-0.2, 0) is 5.54 Å². The van der Waals surface area contributed by atoms with Crippen LogP contribution in [0, 0.1) is 5.95 Å². The van der Waals surface area contributed by atoms with Crippen molar-refractivity contribution in [2.75, 3.05) is 13.1 Å². The second-order valence-electron chi connectivity index (χ2n) is 4.72. The molecule has 0 N–H and O–H groups in total.